The summed E-state index contributed by atoms with van der Waals surface area (Å²) in [5.41, 5.74) is 0.890. The summed E-state index contributed by atoms with van der Waals surface area (Å²) in [7, 11) is 0. The van der Waals surface area contributed by atoms with Crippen molar-refractivity contribution in [3.63, 3.8) is 0 Å². The van der Waals surface area contributed by atoms with Crippen LogP contribution in [0.15, 0.2) is 24.3 Å². The van der Waals surface area contributed by atoms with E-state index in [1.165, 1.54) is 0 Å². The van der Waals surface area contributed by atoms with Crippen molar-refractivity contribution in [2.45, 2.75) is 20.8 Å². The van der Waals surface area contributed by atoms with Crippen molar-refractivity contribution in [1.29, 1.82) is 0 Å². The Morgan fingerprint density at radius 3 is 2.24 bits per heavy atom. The van der Waals surface area contributed by atoms with Gasteiger partial charge in [0, 0.05) is 12.1 Å². The van der Waals surface area contributed by atoms with Gasteiger partial charge in [-0.15, -0.1) is 0 Å². The van der Waals surface area contributed by atoms with Gasteiger partial charge < -0.3 is 14.8 Å². The predicted octanol–water partition coefficient (Wildman–Crippen LogP) is 2.77. The number of hydrogen-bond acceptors (Lipinski definition) is 6. The van der Waals surface area contributed by atoms with Gasteiger partial charge in [-0.3, -0.25) is 0 Å². The van der Waals surface area contributed by atoms with Gasteiger partial charge in [-0.25, -0.2) is 0 Å². The van der Waals surface area contributed by atoms with Crippen molar-refractivity contribution in [3.05, 3.63) is 24.3 Å². The molecule has 0 aliphatic heterocycles. The van der Waals surface area contributed by atoms with Gasteiger partial charge in [0.1, 0.15) is 5.75 Å². The van der Waals surface area contributed by atoms with E-state index < -0.39 is 0 Å². The number of anilines is 1. The third-order valence-electron chi connectivity index (χ3n) is 2.65. The summed E-state index contributed by atoms with van der Waals surface area (Å²) in [6.07, 6.45) is 0. The first-order valence-corrected chi connectivity index (χ1v) is 7.12. The Morgan fingerprint density at radius 1 is 0.905 bits per heavy atom. The highest BCUT2D eigenvalue weighted by Gasteiger charge is 2.09. The maximum absolute atomic E-state index is 5.43. The molecule has 0 bridgehead atoms. The number of benzene rings is 1. The molecule has 0 aliphatic rings. The first kappa shape index (κ1) is 15.0. The normalized spacial score (nSPS) is 10.2. The fourth-order valence-electron chi connectivity index (χ4n) is 1.78. The fraction of sp³-hybridized carbons (Fsp3) is 0.400. The van der Waals surface area contributed by atoms with Crippen LogP contribution >= 0.6 is 0 Å². The lowest BCUT2D eigenvalue weighted by Gasteiger charge is -2.08. The summed E-state index contributed by atoms with van der Waals surface area (Å²) in [5, 5.41) is 3.08. The van der Waals surface area contributed by atoms with E-state index >= 15 is 0 Å². The molecule has 0 amide bonds. The van der Waals surface area contributed by atoms with Crippen LogP contribution < -0.4 is 14.8 Å². The number of nitrogens with one attached hydrogen (secondary N) is 1. The van der Waals surface area contributed by atoms with Crippen LogP contribution in [0.1, 0.15) is 20.8 Å². The van der Waals surface area contributed by atoms with E-state index in [0.29, 0.717) is 31.0 Å². The van der Waals surface area contributed by atoms with Crippen LogP contribution in [-0.2, 0) is 0 Å². The molecule has 1 aromatic heterocycles. The van der Waals surface area contributed by atoms with E-state index in [1.54, 1.807) is 0 Å². The van der Waals surface area contributed by atoms with Crippen molar-refractivity contribution in [1.82, 2.24) is 15.0 Å². The zero-order valence-electron chi connectivity index (χ0n) is 12.6. The minimum absolute atomic E-state index is 0.326. The summed E-state index contributed by atoms with van der Waals surface area (Å²) in [4.78, 5) is 12.9. The van der Waals surface area contributed by atoms with Gasteiger partial charge in [-0.1, -0.05) is 0 Å². The van der Waals surface area contributed by atoms with Gasteiger partial charge in [0.2, 0.25) is 5.95 Å². The van der Waals surface area contributed by atoms with Crippen molar-refractivity contribution in [2.75, 3.05) is 25.1 Å². The quantitative estimate of drug-likeness (QED) is 0.845. The summed E-state index contributed by atoms with van der Waals surface area (Å²) in [5.74, 6) is 1.92. The molecule has 6 nitrogen and oxygen atoms in total. The van der Waals surface area contributed by atoms with Gasteiger partial charge in [0.25, 0.3) is 0 Å². The summed E-state index contributed by atoms with van der Waals surface area (Å²) in [6.45, 7) is 7.73. The van der Waals surface area contributed by atoms with Crippen LogP contribution in [0.2, 0.25) is 0 Å². The number of rotatable bonds is 7. The SMILES string of the molecule is CCNc1nc(OCC)nc(-c2ccc(OCC)cc2)n1. The van der Waals surface area contributed by atoms with E-state index in [-0.39, 0.29) is 0 Å². The minimum Gasteiger partial charge on any atom is -0.494 e. The molecule has 6 heteroatoms. The molecule has 0 saturated carbocycles. The molecule has 0 atom stereocenters. The molecule has 0 spiro atoms. The first-order chi connectivity index (χ1) is 10.3. The second kappa shape index (κ2) is 7.42. The molecule has 0 fully saturated rings. The molecule has 1 aromatic carbocycles. The molecule has 1 N–H and O–H groups in total. The van der Waals surface area contributed by atoms with Crippen LogP contribution in [-0.4, -0.2) is 34.7 Å². The van der Waals surface area contributed by atoms with Crippen LogP contribution in [0.3, 0.4) is 0 Å². The molecule has 0 unspecified atom stereocenters. The third kappa shape index (κ3) is 4.05. The fourth-order valence-corrected chi connectivity index (χ4v) is 1.78. The van der Waals surface area contributed by atoms with E-state index in [9.17, 15) is 0 Å². The Kier molecular flexibility index (Phi) is 5.31. The molecule has 0 aliphatic carbocycles. The molecule has 1 heterocycles. The second-order valence-corrected chi connectivity index (χ2v) is 4.19. The molecule has 2 rings (SSSR count). The maximum Gasteiger partial charge on any atom is 0.321 e. The lowest BCUT2D eigenvalue weighted by molar-refractivity contribution is 0.312. The Labute approximate surface area is 124 Å². The molecular formula is C15H20N4O2. The van der Waals surface area contributed by atoms with Gasteiger partial charge in [0.05, 0.1) is 13.2 Å². The summed E-state index contributed by atoms with van der Waals surface area (Å²) >= 11 is 0. The Bertz CT molecular complexity index is 548. The monoisotopic (exact) mass is 288 g/mol. The van der Waals surface area contributed by atoms with Crippen LogP contribution in [0.4, 0.5) is 5.95 Å². The minimum atomic E-state index is 0.326. The third-order valence-corrected chi connectivity index (χ3v) is 2.65. The van der Waals surface area contributed by atoms with Crippen LogP contribution in [0.25, 0.3) is 11.4 Å². The van der Waals surface area contributed by atoms with Gasteiger partial charge in [-0.2, -0.15) is 15.0 Å². The average molecular weight is 288 g/mol. The summed E-state index contributed by atoms with van der Waals surface area (Å²) < 4.78 is 10.8. The molecule has 0 saturated heterocycles. The smallest absolute Gasteiger partial charge is 0.321 e. The number of hydrogen-bond donors (Lipinski definition) is 1. The second-order valence-electron chi connectivity index (χ2n) is 4.19. The highest BCUT2D eigenvalue weighted by molar-refractivity contribution is 5.57. The van der Waals surface area contributed by atoms with Crippen molar-refractivity contribution in [2.24, 2.45) is 0 Å². The predicted molar refractivity (Wildman–Crippen MR) is 81.8 cm³/mol. The molecule has 2 aromatic rings. The zero-order chi connectivity index (χ0) is 15.1. The van der Waals surface area contributed by atoms with Gasteiger partial charge in [-0.05, 0) is 45.0 Å². The molecule has 112 valence electrons. The lowest BCUT2D eigenvalue weighted by atomic mass is 10.2. The van der Waals surface area contributed by atoms with Gasteiger partial charge >= 0.3 is 6.01 Å². The Balaban J connectivity index is 2.32. The van der Waals surface area contributed by atoms with E-state index in [0.717, 1.165) is 17.9 Å². The molecular weight excluding hydrogens is 268 g/mol. The van der Waals surface area contributed by atoms with Crippen molar-refractivity contribution >= 4 is 5.95 Å². The number of nitrogens with zero attached hydrogens (tertiary/aromatic N) is 3. The largest absolute Gasteiger partial charge is 0.494 e. The number of ether oxygens (including phenoxy) is 2. The van der Waals surface area contributed by atoms with Gasteiger partial charge in [0.15, 0.2) is 5.82 Å². The van der Waals surface area contributed by atoms with E-state index in [2.05, 4.69) is 20.3 Å². The van der Waals surface area contributed by atoms with E-state index in [1.807, 2.05) is 45.0 Å². The first-order valence-electron chi connectivity index (χ1n) is 7.12. The molecule has 21 heavy (non-hydrogen) atoms. The molecule has 0 radical (unpaired) electrons. The van der Waals surface area contributed by atoms with Crippen LogP contribution in [0, 0.1) is 0 Å². The Morgan fingerprint density at radius 2 is 1.62 bits per heavy atom. The van der Waals surface area contributed by atoms with Crippen LogP contribution in [0.5, 0.6) is 11.8 Å². The Hall–Kier alpha value is -2.37. The van der Waals surface area contributed by atoms with E-state index in [4.69, 9.17) is 9.47 Å². The topological polar surface area (TPSA) is 69.2 Å². The maximum atomic E-state index is 5.43. The highest BCUT2D eigenvalue weighted by atomic mass is 16.5. The standard InChI is InChI=1S/C15H20N4O2/c1-4-16-14-17-13(18-15(19-14)21-6-3)11-7-9-12(10-8-11)20-5-2/h7-10H,4-6H2,1-3H3,(H,16,17,18,19). The van der Waals surface area contributed by atoms with Crippen molar-refractivity contribution in [3.8, 4) is 23.1 Å². The lowest BCUT2D eigenvalue weighted by Crippen LogP contribution is -2.07. The summed E-state index contributed by atoms with van der Waals surface area (Å²) in [6, 6.07) is 7.97. The average Bonchev–Trinajstić information content (AvgIpc) is 2.49. The van der Waals surface area contributed by atoms with Crippen molar-refractivity contribution < 1.29 is 9.47 Å². The highest BCUT2D eigenvalue weighted by Crippen LogP contribution is 2.21. The zero-order valence-corrected chi connectivity index (χ0v) is 12.6. The number of aromatic nitrogens is 3.